The van der Waals surface area contributed by atoms with Crippen LogP contribution < -0.4 is 5.46 Å². The Morgan fingerprint density at radius 1 is 1.13 bits per heavy atom. The van der Waals surface area contributed by atoms with E-state index >= 15 is 0 Å². The lowest BCUT2D eigenvalue weighted by atomic mass is 9.78. The van der Waals surface area contributed by atoms with Gasteiger partial charge in [0.25, 0.3) is 0 Å². The minimum absolute atomic E-state index is 0.326. The van der Waals surface area contributed by atoms with Crippen LogP contribution in [0.3, 0.4) is 0 Å². The summed E-state index contributed by atoms with van der Waals surface area (Å²) in [6, 6.07) is 8.26. The van der Waals surface area contributed by atoms with Crippen LogP contribution in [0.2, 0.25) is 0 Å². The van der Waals surface area contributed by atoms with Crippen LogP contribution in [0.1, 0.15) is 47.1 Å². The number of nitrogens with zero attached hydrogens (tertiary/aromatic N) is 1. The lowest BCUT2D eigenvalue weighted by Crippen LogP contribution is -2.41. The number of hydrogen-bond donors (Lipinski definition) is 0. The maximum absolute atomic E-state index is 6.14. The lowest BCUT2D eigenvalue weighted by molar-refractivity contribution is 0.00578. The van der Waals surface area contributed by atoms with Crippen LogP contribution in [0, 0.1) is 5.92 Å². The van der Waals surface area contributed by atoms with Crippen molar-refractivity contribution in [1.82, 2.24) is 0 Å². The molecule has 1 aromatic carbocycles. The molecule has 0 saturated carbocycles. The Morgan fingerprint density at radius 2 is 1.74 bits per heavy atom. The van der Waals surface area contributed by atoms with E-state index in [1.54, 1.807) is 0 Å². The van der Waals surface area contributed by atoms with E-state index in [1.165, 1.54) is 0 Å². The number of allylic oxidation sites excluding steroid dienone is 2. The highest BCUT2D eigenvalue weighted by molar-refractivity contribution is 6.62. The molecule has 4 heteroatoms. The highest BCUT2D eigenvalue weighted by Gasteiger charge is 2.51. The molecule has 3 nitrogen and oxygen atoms in total. The van der Waals surface area contributed by atoms with Crippen LogP contribution in [0.4, 0.5) is 0 Å². The Balaban J connectivity index is 2.28. The number of hydrogen-bond acceptors (Lipinski definition) is 3. The third-order valence-corrected chi connectivity index (χ3v) is 4.59. The van der Waals surface area contributed by atoms with Gasteiger partial charge < -0.3 is 9.31 Å². The zero-order valence-electron chi connectivity index (χ0n) is 15.4. The summed E-state index contributed by atoms with van der Waals surface area (Å²) in [5, 5.41) is 0. The Labute approximate surface area is 140 Å². The number of rotatable bonds is 4. The summed E-state index contributed by atoms with van der Waals surface area (Å²) >= 11 is 0. The van der Waals surface area contributed by atoms with Crippen LogP contribution in [0.15, 0.2) is 41.4 Å². The first-order valence-electron chi connectivity index (χ1n) is 8.27. The van der Waals surface area contributed by atoms with Gasteiger partial charge in [0.05, 0.1) is 16.9 Å². The molecule has 0 atom stereocenters. The van der Waals surface area contributed by atoms with Gasteiger partial charge in [0.1, 0.15) is 0 Å². The van der Waals surface area contributed by atoms with Crippen molar-refractivity contribution in [3.63, 3.8) is 0 Å². The molecule has 1 fully saturated rings. The molecular weight excluding hydrogens is 285 g/mol. The van der Waals surface area contributed by atoms with Gasteiger partial charge in [0.2, 0.25) is 0 Å². The van der Waals surface area contributed by atoms with E-state index in [4.69, 9.17) is 9.31 Å². The largest absolute Gasteiger partial charge is 0.494 e. The summed E-state index contributed by atoms with van der Waals surface area (Å²) in [7, 11) is 1.48. The first kappa shape index (κ1) is 18.0. The van der Waals surface area contributed by atoms with Crippen molar-refractivity contribution in [2.45, 2.75) is 52.7 Å². The van der Waals surface area contributed by atoms with Gasteiger partial charge in [0.15, 0.2) is 0 Å². The molecule has 0 bridgehead atoms. The molecule has 0 unspecified atom stereocenters. The van der Waals surface area contributed by atoms with Crippen LogP contribution in [0.25, 0.3) is 0 Å². The molecule has 0 aliphatic carbocycles. The number of benzene rings is 1. The highest BCUT2D eigenvalue weighted by atomic mass is 16.7. The molecule has 2 rings (SSSR count). The molecule has 124 valence electrons. The summed E-state index contributed by atoms with van der Waals surface area (Å²) in [6.07, 6.45) is 4.23. The first-order chi connectivity index (χ1) is 10.7. The molecule has 0 radical (unpaired) electrons. The van der Waals surface area contributed by atoms with E-state index in [-0.39, 0.29) is 18.3 Å². The molecule has 1 aromatic rings. The van der Waals surface area contributed by atoms with Gasteiger partial charge in [0, 0.05) is 7.05 Å². The van der Waals surface area contributed by atoms with E-state index in [0.717, 1.165) is 16.7 Å². The van der Waals surface area contributed by atoms with Gasteiger partial charge in [-0.05, 0) is 50.7 Å². The van der Waals surface area contributed by atoms with E-state index in [9.17, 15) is 0 Å². The molecule has 1 aliphatic rings. The fraction of sp³-hybridized carbons (Fsp3) is 0.526. The van der Waals surface area contributed by atoms with Crippen LogP contribution in [-0.2, 0) is 9.31 Å². The summed E-state index contributed by atoms with van der Waals surface area (Å²) in [5.41, 5.74) is 2.42. The Bertz CT molecular complexity index is 602. The molecule has 0 aromatic heterocycles. The first-order valence-corrected chi connectivity index (χ1v) is 8.27. The Hall–Kier alpha value is -1.39. The predicted molar refractivity (Wildman–Crippen MR) is 98.6 cm³/mol. The number of aliphatic imine (C=N–C) groups is 1. The van der Waals surface area contributed by atoms with Crippen LogP contribution in [0.5, 0.6) is 0 Å². The summed E-state index contributed by atoms with van der Waals surface area (Å²) in [4.78, 5) is 4.40. The van der Waals surface area contributed by atoms with Crippen LogP contribution >= 0.6 is 0 Å². The maximum atomic E-state index is 6.14. The van der Waals surface area contributed by atoms with Gasteiger partial charge in [-0.3, -0.25) is 4.99 Å². The summed E-state index contributed by atoms with van der Waals surface area (Å²) < 4.78 is 12.3. The Morgan fingerprint density at radius 3 is 2.26 bits per heavy atom. The molecule has 1 heterocycles. The van der Waals surface area contributed by atoms with Crippen molar-refractivity contribution in [2.75, 3.05) is 7.05 Å². The maximum Gasteiger partial charge on any atom is 0.494 e. The predicted octanol–water partition coefficient (Wildman–Crippen LogP) is 3.62. The van der Waals surface area contributed by atoms with Gasteiger partial charge in [-0.1, -0.05) is 44.2 Å². The van der Waals surface area contributed by atoms with Gasteiger partial charge >= 0.3 is 7.12 Å². The molecule has 0 amide bonds. The molecule has 23 heavy (non-hydrogen) atoms. The van der Waals surface area contributed by atoms with Gasteiger partial charge in [-0.2, -0.15) is 0 Å². The highest BCUT2D eigenvalue weighted by Crippen LogP contribution is 2.36. The second-order valence-electron chi connectivity index (χ2n) is 7.43. The normalized spacial score (nSPS) is 20.7. The monoisotopic (exact) mass is 313 g/mol. The second-order valence-corrected chi connectivity index (χ2v) is 7.43. The van der Waals surface area contributed by atoms with E-state index < -0.39 is 0 Å². The molecular formula is C19H28BNO2. The fourth-order valence-corrected chi connectivity index (χ4v) is 2.41. The SMILES string of the molecule is CN=C(/C=C\C(C)C)c1cccc(B2OC(C)(C)C(C)(C)O2)c1. The van der Waals surface area contributed by atoms with E-state index in [0.29, 0.717) is 5.92 Å². The standard InChI is InChI=1S/C19H28BNO2/c1-14(2)11-12-17(21-7)15-9-8-10-16(13-15)20-22-18(3,4)19(5,6)23-20/h8-14H,1-7H3/b12-11-,21-17?. The third kappa shape index (κ3) is 3.93. The zero-order chi connectivity index (χ0) is 17.3. The molecule has 0 spiro atoms. The van der Waals surface area contributed by atoms with Crippen molar-refractivity contribution < 1.29 is 9.31 Å². The van der Waals surface area contributed by atoms with Crippen molar-refractivity contribution in [3.8, 4) is 0 Å². The summed E-state index contributed by atoms with van der Waals surface area (Å²) in [5.74, 6) is 0.498. The van der Waals surface area contributed by atoms with Crippen molar-refractivity contribution in [1.29, 1.82) is 0 Å². The van der Waals surface area contributed by atoms with Gasteiger partial charge in [-0.25, -0.2) is 0 Å². The van der Waals surface area contributed by atoms with Crippen LogP contribution in [-0.4, -0.2) is 31.1 Å². The smallest absolute Gasteiger partial charge is 0.399 e. The second kappa shape index (κ2) is 6.62. The lowest BCUT2D eigenvalue weighted by Gasteiger charge is -2.32. The third-order valence-electron chi connectivity index (χ3n) is 4.59. The quantitative estimate of drug-likeness (QED) is 0.628. The Kier molecular flexibility index (Phi) is 5.17. The minimum atomic E-state index is -0.341. The minimum Gasteiger partial charge on any atom is -0.399 e. The van der Waals surface area contributed by atoms with Gasteiger partial charge in [-0.15, -0.1) is 0 Å². The summed E-state index contributed by atoms with van der Waals surface area (Å²) in [6.45, 7) is 12.6. The average molecular weight is 313 g/mol. The molecule has 0 N–H and O–H groups in total. The molecule has 1 aliphatic heterocycles. The van der Waals surface area contributed by atoms with Crippen molar-refractivity contribution in [3.05, 3.63) is 42.0 Å². The zero-order valence-corrected chi connectivity index (χ0v) is 15.4. The van der Waals surface area contributed by atoms with E-state index in [2.05, 4.69) is 70.8 Å². The van der Waals surface area contributed by atoms with Crippen molar-refractivity contribution >= 4 is 18.3 Å². The fourth-order valence-electron chi connectivity index (χ4n) is 2.41. The average Bonchev–Trinajstić information content (AvgIpc) is 2.68. The topological polar surface area (TPSA) is 30.8 Å². The van der Waals surface area contributed by atoms with E-state index in [1.807, 2.05) is 19.2 Å². The molecule has 1 saturated heterocycles. The van der Waals surface area contributed by atoms with Crippen molar-refractivity contribution in [2.24, 2.45) is 10.9 Å².